The van der Waals surface area contributed by atoms with E-state index in [1.807, 2.05) is 30.3 Å². The first-order valence-corrected chi connectivity index (χ1v) is 6.86. The molecule has 22 heavy (non-hydrogen) atoms. The lowest BCUT2D eigenvalue weighted by atomic mass is 10.1. The Morgan fingerprint density at radius 1 is 1.32 bits per heavy atom. The first-order valence-electron chi connectivity index (χ1n) is 6.86. The van der Waals surface area contributed by atoms with Crippen molar-refractivity contribution in [3.05, 3.63) is 36.4 Å². The van der Waals surface area contributed by atoms with Gasteiger partial charge in [0.25, 0.3) is 0 Å². The second-order valence-electron chi connectivity index (χ2n) is 4.93. The highest BCUT2D eigenvalue weighted by atomic mass is 16.5. The van der Waals surface area contributed by atoms with Gasteiger partial charge in [-0.1, -0.05) is 24.3 Å². The van der Waals surface area contributed by atoms with Crippen LogP contribution in [0.1, 0.15) is 12.8 Å². The summed E-state index contributed by atoms with van der Waals surface area (Å²) in [5.74, 6) is -0.748. The van der Waals surface area contributed by atoms with Crippen LogP contribution < -0.4 is 15.8 Å². The molecule has 6 nitrogen and oxygen atoms in total. The van der Waals surface area contributed by atoms with Crippen molar-refractivity contribution in [1.82, 2.24) is 0 Å². The van der Waals surface area contributed by atoms with Crippen molar-refractivity contribution < 1.29 is 19.4 Å². The summed E-state index contributed by atoms with van der Waals surface area (Å²) in [5, 5.41) is 13.2. The van der Waals surface area contributed by atoms with Crippen LogP contribution in [0, 0.1) is 0 Å². The van der Waals surface area contributed by atoms with Crippen LogP contribution in [0.3, 0.4) is 0 Å². The van der Waals surface area contributed by atoms with E-state index in [1.165, 1.54) is 0 Å². The molecule has 2 rings (SSSR count). The second kappa shape index (κ2) is 6.91. The van der Waals surface area contributed by atoms with Crippen LogP contribution in [0.2, 0.25) is 0 Å². The molecule has 0 spiro atoms. The van der Waals surface area contributed by atoms with Gasteiger partial charge >= 0.3 is 5.97 Å². The minimum Gasteiger partial charge on any atom is -0.496 e. The Kier molecular flexibility index (Phi) is 4.95. The summed E-state index contributed by atoms with van der Waals surface area (Å²) in [6.45, 7) is 0. The summed E-state index contributed by atoms with van der Waals surface area (Å²) in [7, 11) is 1.56. The third-order valence-electron chi connectivity index (χ3n) is 3.32. The number of ether oxygens (including phenoxy) is 1. The summed E-state index contributed by atoms with van der Waals surface area (Å²) in [6, 6.07) is 10.3. The van der Waals surface area contributed by atoms with Gasteiger partial charge in [-0.05, 0) is 17.9 Å². The smallest absolute Gasteiger partial charge is 0.303 e. The molecule has 0 aromatic heterocycles. The fourth-order valence-corrected chi connectivity index (χ4v) is 2.16. The zero-order valence-corrected chi connectivity index (χ0v) is 12.2. The number of carboxylic acid groups (broad SMARTS) is 1. The van der Waals surface area contributed by atoms with Gasteiger partial charge in [-0.2, -0.15) is 0 Å². The third-order valence-corrected chi connectivity index (χ3v) is 3.32. The minimum atomic E-state index is -0.976. The number of carbonyl (C=O) groups excluding carboxylic acids is 1. The summed E-state index contributed by atoms with van der Waals surface area (Å²) >= 11 is 0. The molecule has 6 heteroatoms. The van der Waals surface area contributed by atoms with Crippen LogP contribution >= 0.6 is 0 Å². The van der Waals surface area contributed by atoms with Crippen LogP contribution in [-0.2, 0) is 9.59 Å². The number of nitrogens with two attached hydrogens (primary N) is 1. The molecule has 0 aliphatic heterocycles. The molecule has 2 aromatic carbocycles. The van der Waals surface area contributed by atoms with Crippen molar-refractivity contribution >= 4 is 28.3 Å². The third kappa shape index (κ3) is 3.73. The van der Waals surface area contributed by atoms with Crippen molar-refractivity contribution in [3.8, 4) is 5.75 Å². The zero-order chi connectivity index (χ0) is 16.1. The number of amides is 1. The Morgan fingerprint density at radius 3 is 2.73 bits per heavy atom. The van der Waals surface area contributed by atoms with E-state index in [2.05, 4.69) is 5.32 Å². The maximum Gasteiger partial charge on any atom is 0.303 e. The number of carbonyl (C=O) groups is 2. The lowest BCUT2D eigenvalue weighted by Crippen LogP contribution is -2.36. The molecule has 0 saturated heterocycles. The minimum absolute atomic E-state index is 0.0892. The number of aliphatic carboxylic acids is 1. The van der Waals surface area contributed by atoms with E-state index in [0.29, 0.717) is 11.4 Å². The van der Waals surface area contributed by atoms with Gasteiger partial charge in [0.2, 0.25) is 5.91 Å². The molecule has 0 bridgehead atoms. The second-order valence-corrected chi connectivity index (χ2v) is 4.93. The molecule has 0 aliphatic carbocycles. The number of methoxy groups -OCH3 is 1. The van der Waals surface area contributed by atoms with Gasteiger partial charge < -0.3 is 20.9 Å². The van der Waals surface area contributed by atoms with E-state index in [9.17, 15) is 9.59 Å². The predicted octanol–water partition coefficient (Wildman–Crippen LogP) is 1.98. The molecule has 4 N–H and O–H groups in total. The highest BCUT2D eigenvalue weighted by molar-refractivity contribution is 5.99. The molecule has 0 fully saturated rings. The maximum atomic E-state index is 12.0. The van der Waals surface area contributed by atoms with Crippen molar-refractivity contribution in [2.45, 2.75) is 18.9 Å². The fraction of sp³-hybridized carbons (Fsp3) is 0.250. The molecular weight excluding hydrogens is 284 g/mol. The van der Waals surface area contributed by atoms with Gasteiger partial charge in [-0.15, -0.1) is 0 Å². The molecule has 0 saturated carbocycles. The Labute approximate surface area is 127 Å². The molecule has 0 radical (unpaired) electrons. The molecule has 0 aliphatic rings. The normalized spacial score (nSPS) is 11.9. The number of hydrogen-bond acceptors (Lipinski definition) is 4. The SMILES string of the molecule is COc1cc(NC(=O)[C@H](N)CCC(=O)O)cc2ccccc12. The molecule has 0 unspecified atom stereocenters. The van der Waals surface area contributed by atoms with Crippen LogP contribution in [0.5, 0.6) is 5.75 Å². The van der Waals surface area contributed by atoms with Crippen molar-refractivity contribution in [2.75, 3.05) is 12.4 Å². The first-order chi connectivity index (χ1) is 10.5. The van der Waals surface area contributed by atoms with E-state index in [0.717, 1.165) is 10.8 Å². The zero-order valence-electron chi connectivity index (χ0n) is 12.2. The topological polar surface area (TPSA) is 102 Å². The fourth-order valence-electron chi connectivity index (χ4n) is 2.16. The summed E-state index contributed by atoms with van der Waals surface area (Å²) in [6.07, 6.45) is -0.0541. The van der Waals surface area contributed by atoms with E-state index in [4.69, 9.17) is 15.6 Å². The Bertz CT molecular complexity index is 700. The lowest BCUT2D eigenvalue weighted by molar-refractivity contribution is -0.137. The van der Waals surface area contributed by atoms with Crippen LogP contribution in [0.15, 0.2) is 36.4 Å². The number of rotatable bonds is 6. The first kappa shape index (κ1) is 15.8. The van der Waals surface area contributed by atoms with Crippen molar-refractivity contribution in [2.24, 2.45) is 5.73 Å². The molecular formula is C16H18N2O4. The summed E-state index contributed by atoms with van der Waals surface area (Å²) in [5.41, 5.74) is 6.25. The molecule has 116 valence electrons. The largest absolute Gasteiger partial charge is 0.496 e. The standard InChI is InChI=1S/C16H18N2O4/c1-22-14-9-11(8-10-4-2-3-5-12(10)14)18-16(21)13(17)6-7-15(19)20/h2-5,8-9,13H,6-7,17H2,1H3,(H,18,21)(H,19,20)/t13-/m1/s1. The van der Waals surface area contributed by atoms with Gasteiger partial charge in [0.05, 0.1) is 13.2 Å². The highest BCUT2D eigenvalue weighted by Gasteiger charge is 2.16. The predicted molar refractivity (Wildman–Crippen MR) is 84.0 cm³/mol. The van der Waals surface area contributed by atoms with E-state index < -0.39 is 17.9 Å². The van der Waals surface area contributed by atoms with Gasteiger partial charge in [0.15, 0.2) is 0 Å². The number of hydrogen-bond donors (Lipinski definition) is 3. The quantitative estimate of drug-likeness (QED) is 0.757. The van der Waals surface area contributed by atoms with Gasteiger partial charge in [-0.3, -0.25) is 9.59 Å². The number of fused-ring (bicyclic) bond motifs is 1. The number of carboxylic acids is 1. The maximum absolute atomic E-state index is 12.0. The summed E-state index contributed by atoms with van der Waals surface area (Å²) in [4.78, 5) is 22.5. The molecule has 1 atom stereocenters. The molecule has 0 heterocycles. The van der Waals surface area contributed by atoms with Crippen molar-refractivity contribution in [3.63, 3.8) is 0 Å². The molecule has 1 amide bonds. The van der Waals surface area contributed by atoms with Gasteiger partial charge in [0, 0.05) is 23.6 Å². The Morgan fingerprint density at radius 2 is 2.05 bits per heavy atom. The number of benzene rings is 2. The Balaban J connectivity index is 2.17. The van der Waals surface area contributed by atoms with E-state index >= 15 is 0 Å². The van der Waals surface area contributed by atoms with Gasteiger partial charge in [0.1, 0.15) is 5.75 Å². The van der Waals surface area contributed by atoms with Crippen molar-refractivity contribution in [1.29, 1.82) is 0 Å². The number of nitrogens with one attached hydrogen (secondary N) is 1. The van der Waals surface area contributed by atoms with E-state index in [1.54, 1.807) is 13.2 Å². The average molecular weight is 302 g/mol. The lowest BCUT2D eigenvalue weighted by Gasteiger charge is -2.13. The Hall–Kier alpha value is -2.60. The monoisotopic (exact) mass is 302 g/mol. The molecule has 2 aromatic rings. The average Bonchev–Trinajstić information content (AvgIpc) is 2.51. The van der Waals surface area contributed by atoms with Gasteiger partial charge in [-0.25, -0.2) is 0 Å². The van der Waals surface area contributed by atoms with Crippen LogP contribution in [0.25, 0.3) is 10.8 Å². The summed E-state index contributed by atoms with van der Waals surface area (Å²) < 4.78 is 5.33. The van der Waals surface area contributed by atoms with Crippen LogP contribution in [0.4, 0.5) is 5.69 Å². The number of anilines is 1. The highest BCUT2D eigenvalue weighted by Crippen LogP contribution is 2.29. The van der Waals surface area contributed by atoms with E-state index in [-0.39, 0.29) is 12.8 Å². The van der Waals surface area contributed by atoms with Crippen LogP contribution in [-0.4, -0.2) is 30.1 Å².